The van der Waals surface area contributed by atoms with Crippen molar-refractivity contribution in [2.75, 3.05) is 0 Å². The van der Waals surface area contributed by atoms with Gasteiger partial charge in [0.15, 0.2) is 0 Å². The summed E-state index contributed by atoms with van der Waals surface area (Å²) >= 11 is 0. The Hall–Kier alpha value is -1.94. The van der Waals surface area contributed by atoms with E-state index in [1.54, 1.807) is 24.3 Å². The molecule has 120 valence electrons. The standard InChI is InChI=1S/C18H26N2O2/c1-3-5-7-9-17(21)20(18(22)10-8-6-4-2)16-13-11-15(19)12-14-16/h3-10,15-16H,11-14,19H2,1-2H3/b5-3+,6-4+,9-7+,10-8+. The van der Waals surface area contributed by atoms with Gasteiger partial charge < -0.3 is 5.73 Å². The van der Waals surface area contributed by atoms with Gasteiger partial charge in [-0.05, 0) is 39.5 Å². The maximum absolute atomic E-state index is 12.4. The zero-order valence-electron chi connectivity index (χ0n) is 13.4. The molecule has 1 aliphatic rings. The predicted molar refractivity (Wildman–Crippen MR) is 90.0 cm³/mol. The maximum Gasteiger partial charge on any atom is 0.253 e. The first-order valence-corrected chi connectivity index (χ1v) is 7.81. The van der Waals surface area contributed by atoms with Crippen LogP contribution >= 0.6 is 0 Å². The number of allylic oxidation sites excluding steroid dienone is 6. The summed E-state index contributed by atoms with van der Waals surface area (Å²) in [5.41, 5.74) is 5.91. The molecule has 0 aromatic rings. The van der Waals surface area contributed by atoms with Crippen LogP contribution in [0.5, 0.6) is 0 Å². The molecule has 0 aromatic carbocycles. The van der Waals surface area contributed by atoms with Gasteiger partial charge in [-0.15, -0.1) is 0 Å². The summed E-state index contributed by atoms with van der Waals surface area (Å²) in [6.45, 7) is 3.75. The monoisotopic (exact) mass is 302 g/mol. The number of hydrogen-bond donors (Lipinski definition) is 1. The molecule has 0 atom stereocenters. The number of carbonyl (C=O) groups is 2. The third kappa shape index (κ3) is 5.82. The van der Waals surface area contributed by atoms with E-state index >= 15 is 0 Å². The van der Waals surface area contributed by atoms with Crippen molar-refractivity contribution in [2.45, 2.75) is 51.6 Å². The third-order valence-corrected chi connectivity index (χ3v) is 3.67. The van der Waals surface area contributed by atoms with Crippen LogP contribution in [0.25, 0.3) is 0 Å². The zero-order chi connectivity index (χ0) is 16.4. The van der Waals surface area contributed by atoms with E-state index in [4.69, 9.17) is 5.73 Å². The van der Waals surface area contributed by atoms with E-state index < -0.39 is 0 Å². The summed E-state index contributed by atoms with van der Waals surface area (Å²) in [6.07, 6.45) is 16.6. The molecule has 0 spiro atoms. The summed E-state index contributed by atoms with van der Waals surface area (Å²) < 4.78 is 0. The van der Waals surface area contributed by atoms with Crippen LogP contribution in [0.4, 0.5) is 0 Å². The molecule has 0 unspecified atom stereocenters. The van der Waals surface area contributed by atoms with Crippen molar-refractivity contribution in [1.29, 1.82) is 0 Å². The van der Waals surface area contributed by atoms with E-state index in [1.807, 2.05) is 26.0 Å². The van der Waals surface area contributed by atoms with E-state index in [0.717, 1.165) is 25.7 Å². The van der Waals surface area contributed by atoms with Gasteiger partial charge in [0.25, 0.3) is 11.8 Å². The van der Waals surface area contributed by atoms with Gasteiger partial charge in [-0.25, -0.2) is 0 Å². The lowest BCUT2D eigenvalue weighted by atomic mass is 9.90. The average Bonchev–Trinajstić information content (AvgIpc) is 2.50. The topological polar surface area (TPSA) is 63.4 Å². The van der Waals surface area contributed by atoms with Crippen LogP contribution in [0.3, 0.4) is 0 Å². The first-order valence-electron chi connectivity index (χ1n) is 7.81. The highest BCUT2D eigenvalue weighted by molar-refractivity contribution is 6.05. The predicted octanol–water partition coefficient (Wildman–Crippen LogP) is 2.88. The molecule has 2 amide bonds. The Kier molecular flexibility index (Phi) is 8.15. The SMILES string of the molecule is C/C=C/C=C/C(=O)N(C(=O)/C=C/C=C/C)C1CCC(N)CC1. The molecule has 0 heterocycles. The van der Waals surface area contributed by atoms with Crippen molar-refractivity contribution < 1.29 is 9.59 Å². The van der Waals surface area contributed by atoms with Gasteiger partial charge >= 0.3 is 0 Å². The minimum Gasteiger partial charge on any atom is -0.328 e. The molecule has 1 saturated carbocycles. The minimum absolute atomic E-state index is 0.0645. The van der Waals surface area contributed by atoms with Crippen LogP contribution in [-0.2, 0) is 9.59 Å². The lowest BCUT2D eigenvalue weighted by molar-refractivity contribution is -0.142. The van der Waals surface area contributed by atoms with Gasteiger partial charge in [-0.3, -0.25) is 14.5 Å². The molecule has 1 aliphatic carbocycles. The van der Waals surface area contributed by atoms with E-state index in [0.29, 0.717) is 0 Å². The van der Waals surface area contributed by atoms with E-state index in [9.17, 15) is 9.59 Å². The minimum atomic E-state index is -0.270. The molecule has 1 fully saturated rings. The lowest BCUT2D eigenvalue weighted by Crippen LogP contribution is -2.46. The highest BCUT2D eigenvalue weighted by Gasteiger charge is 2.30. The van der Waals surface area contributed by atoms with Gasteiger partial charge in [0.1, 0.15) is 0 Å². The Bertz CT molecular complexity index is 447. The molecule has 2 N–H and O–H groups in total. The largest absolute Gasteiger partial charge is 0.328 e. The Balaban J connectivity index is 2.88. The molecule has 4 heteroatoms. The fourth-order valence-corrected chi connectivity index (χ4v) is 2.49. The normalized spacial score (nSPS) is 23.0. The smallest absolute Gasteiger partial charge is 0.253 e. The van der Waals surface area contributed by atoms with Crippen LogP contribution in [0.15, 0.2) is 48.6 Å². The van der Waals surface area contributed by atoms with Crippen molar-refractivity contribution >= 4 is 11.8 Å². The number of rotatable bonds is 5. The van der Waals surface area contributed by atoms with Crippen LogP contribution < -0.4 is 5.73 Å². The van der Waals surface area contributed by atoms with E-state index in [1.165, 1.54) is 17.1 Å². The molecule has 0 saturated heterocycles. The Labute approximate surface area is 133 Å². The molecule has 0 bridgehead atoms. The second kappa shape index (κ2) is 9.90. The van der Waals surface area contributed by atoms with Gasteiger partial charge in [-0.2, -0.15) is 0 Å². The fourth-order valence-electron chi connectivity index (χ4n) is 2.49. The van der Waals surface area contributed by atoms with Crippen molar-refractivity contribution in [3.63, 3.8) is 0 Å². The maximum atomic E-state index is 12.4. The fraction of sp³-hybridized carbons (Fsp3) is 0.444. The van der Waals surface area contributed by atoms with Crippen molar-refractivity contribution in [2.24, 2.45) is 5.73 Å². The van der Waals surface area contributed by atoms with Crippen molar-refractivity contribution in [3.8, 4) is 0 Å². The molecule has 0 aliphatic heterocycles. The number of hydrogen-bond acceptors (Lipinski definition) is 3. The first kappa shape index (κ1) is 18.1. The number of nitrogens with zero attached hydrogens (tertiary/aromatic N) is 1. The van der Waals surface area contributed by atoms with Crippen molar-refractivity contribution in [1.82, 2.24) is 4.90 Å². The molecule has 1 rings (SSSR count). The lowest BCUT2D eigenvalue weighted by Gasteiger charge is -2.33. The van der Waals surface area contributed by atoms with Crippen LogP contribution in [0.1, 0.15) is 39.5 Å². The Morgan fingerprint density at radius 3 is 1.73 bits per heavy atom. The average molecular weight is 302 g/mol. The molecule has 0 radical (unpaired) electrons. The number of imide groups is 1. The Morgan fingerprint density at radius 1 is 0.864 bits per heavy atom. The van der Waals surface area contributed by atoms with E-state index in [-0.39, 0.29) is 23.9 Å². The van der Waals surface area contributed by atoms with Gasteiger partial charge in [0.05, 0.1) is 0 Å². The van der Waals surface area contributed by atoms with Gasteiger partial charge in [-0.1, -0.05) is 36.5 Å². The summed E-state index contributed by atoms with van der Waals surface area (Å²) in [4.78, 5) is 26.1. The number of amides is 2. The summed E-state index contributed by atoms with van der Waals surface area (Å²) in [5, 5.41) is 0. The van der Waals surface area contributed by atoms with Crippen LogP contribution in [0, 0.1) is 0 Å². The molecule has 0 aromatic heterocycles. The second-order valence-corrected chi connectivity index (χ2v) is 5.38. The molecular weight excluding hydrogens is 276 g/mol. The molecular formula is C18H26N2O2. The van der Waals surface area contributed by atoms with Crippen LogP contribution in [-0.4, -0.2) is 28.8 Å². The summed E-state index contributed by atoms with van der Waals surface area (Å²) in [6, 6.07) is 0.116. The Morgan fingerprint density at radius 2 is 1.32 bits per heavy atom. The number of carbonyl (C=O) groups excluding carboxylic acids is 2. The van der Waals surface area contributed by atoms with Crippen molar-refractivity contribution in [3.05, 3.63) is 48.6 Å². The van der Waals surface area contributed by atoms with Gasteiger partial charge in [0, 0.05) is 24.2 Å². The highest BCUT2D eigenvalue weighted by atomic mass is 16.2. The second-order valence-electron chi connectivity index (χ2n) is 5.38. The number of nitrogens with two attached hydrogens (primary N) is 1. The third-order valence-electron chi connectivity index (χ3n) is 3.67. The zero-order valence-corrected chi connectivity index (χ0v) is 13.4. The molecule has 4 nitrogen and oxygen atoms in total. The van der Waals surface area contributed by atoms with Gasteiger partial charge in [0.2, 0.25) is 0 Å². The van der Waals surface area contributed by atoms with E-state index in [2.05, 4.69) is 0 Å². The summed E-state index contributed by atoms with van der Waals surface area (Å²) in [7, 11) is 0. The quantitative estimate of drug-likeness (QED) is 0.627. The first-order chi connectivity index (χ1) is 10.6. The van der Waals surface area contributed by atoms with Crippen LogP contribution in [0.2, 0.25) is 0 Å². The molecule has 22 heavy (non-hydrogen) atoms. The highest BCUT2D eigenvalue weighted by Crippen LogP contribution is 2.23. The summed E-state index contributed by atoms with van der Waals surface area (Å²) in [5.74, 6) is -0.539.